The highest BCUT2D eigenvalue weighted by Crippen LogP contribution is 2.53. The van der Waals surface area contributed by atoms with Gasteiger partial charge >= 0.3 is 6.09 Å². The maximum absolute atomic E-state index is 14.9. The zero-order valence-electron chi connectivity index (χ0n) is 24.1. The first-order valence-corrected chi connectivity index (χ1v) is 13.5. The molecular weight excluding hydrogens is 499 g/mol. The number of hydrogen-bond donors (Lipinski definition) is 1. The number of carbonyl (C=O) groups is 2. The molecule has 0 bridgehead atoms. The lowest BCUT2D eigenvalue weighted by Gasteiger charge is -2.40. The summed E-state index contributed by atoms with van der Waals surface area (Å²) in [7, 11) is 1.55. The van der Waals surface area contributed by atoms with Crippen molar-refractivity contribution in [2.75, 3.05) is 13.7 Å². The predicted octanol–water partition coefficient (Wildman–Crippen LogP) is 6.58. The SMILES string of the molecule is CCn1ncc2c(F)cc(-c3ccc(C(CC4(C)C(=O)N(C(=O)O)CC4C(C)(C)C)C(C)C)c(OC)n3)cc21. The number of halogens is 1. The number of nitrogens with zero attached hydrogens (tertiary/aromatic N) is 4. The Balaban J connectivity index is 1.76. The molecule has 4 rings (SSSR count). The van der Waals surface area contributed by atoms with Crippen LogP contribution in [0, 0.1) is 28.5 Å². The highest BCUT2D eigenvalue weighted by atomic mass is 19.1. The van der Waals surface area contributed by atoms with E-state index < -0.39 is 11.5 Å². The summed E-state index contributed by atoms with van der Waals surface area (Å²) in [6.07, 6.45) is 0.767. The minimum Gasteiger partial charge on any atom is -0.481 e. The predicted molar refractivity (Wildman–Crippen MR) is 148 cm³/mol. The van der Waals surface area contributed by atoms with Crippen LogP contribution in [0.1, 0.15) is 66.4 Å². The van der Waals surface area contributed by atoms with E-state index in [4.69, 9.17) is 9.72 Å². The number of benzene rings is 1. The number of ether oxygens (including phenoxy) is 1. The van der Waals surface area contributed by atoms with Crippen LogP contribution in [-0.4, -0.2) is 50.4 Å². The summed E-state index contributed by atoms with van der Waals surface area (Å²) in [5.41, 5.74) is 1.55. The number of hydrogen-bond acceptors (Lipinski definition) is 5. The molecule has 2 aromatic heterocycles. The van der Waals surface area contributed by atoms with Crippen LogP contribution in [-0.2, 0) is 11.3 Å². The van der Waals surface area contributed by atoms with Gasteiger partial charge in [0, 0.05) is 24.2 Å². The molecule has 1 saturated heterocycles. The van der Waals surface area contributed by atoms with Crippen molar-refractivity contribution in [1.82, 2.24) is 19.7 Å². The lowest BCUT2D eigenvalue weighted by molar-refractivity contribution is -0.136. The molecule has 0 radical (unpaired) electrons. The summed E-state index contributed by atoms with van der Waals surface area (Å²) < 4.78 is 22.4. The first kappa shape index (κ1) is 28.5. The van der Waals surface area contributed by atoms with Gasteiger partial charge in [-0.1, -0.05) is 47.6 Å². The van der Waals surface area contributed by atoms with Crippen molar-refractivity contribution in [2.24, 2.45) is 22.7 Å². The van der Waals surface area contributed by atoms with Gasteiger partial charge in [-0.2, -0.15) is 5.10 Å². The molecule has 0 saturated carbocycles. The van der Waals surface area contributed by atoms with E-state index in [2.05, 4.69) is 39.7 Å². The molecule has 0 spiro atoms. The number of methoxy groups -OCH3 is 1. The van der Waals surface area contributed by atoms with E-state index >= 15 is 0 Å². The Morgan fingerprint density at radius 2 is 1.97 bits per heavy atom. The van der Waals surface area contributed by atoms with Crippen LogP contribution in [0.15, 0.2) is 30.5 Å². The van der Waals surface area contributed by atoms with Crippen LogP contribution in [0.3, 0.4) is 0 Å². The zero-order chi connectivity index (χ0) is 28.9. The van der Waals surface area contributed by atoms with E-state index in [1.54, 1.807) is 11.8 Å². The number of carboxylic acid groups (broad SMARTS) is 1. The first-order valence-electron chi connectivity index (χ1n) is 13.5. The summed E-state index contributed by atoms with van der Waals surface area (Å²) in [6, 6.07) is 7.12. The summed E-state index contributed by atoms with van der Waals surface area (Å²) in [5.74, 6) is -0.493. The lowest BCUT2D eigenvalue weighted by Crippen LogP contribution is -2.40. The quantitative estimate of drug-likeness (QED) is 0.365. The van der Waals surface area contributed by atoms with Gasteiger partial charge in [0.05, 0.1) is 35.3 Å². The third kappa shape index (κ3) is 4.99. The molecule has 3 aromatic rings. The summed E-state index contributed by atoms with van der Waals surface area (Å²) in [5, 5.41) is 14.5. The molecule has 39 heavy (non-hydrogen) atoms. The highest BCUT2D eigenvalue weighted by Gasteiger charge is 2.57. The number of aryl methyl sites for hydroxylation is 1. The van der Waals surface area contributed by atoms with Gasteiger partial charge in [-0.05, 0) is 54.7 Å². The fourth-order valence-electron chi connectivity index (χ4n) is 6.30. The van der Waals surface area contributed by atoms with Crippen LogP contribution < -0.4 is 4.74 Å². The van der Waals surface area contributed by atoms with Crippen LogP contribution >= 0.6 is 0 Å². The van der Waals surface area contributed by atoms with Gasteiger partial charge in [0.15, 0.2) is 0 Å². The molecule has 1 aliphatic heterocycles. The van der Waals surface area contributed by atoms with Gasteiger partial charge in [-0.3, -0.25) is 9.48 Å². The Kier molecular flexibility index (Phi) is 7.49. The smallest absolute Gasteiger partial charge is 0.414 e. The van der Waals surface area contributed by atoms with Crippen molar-refractivity contribution in [3.05, 3.63) is 41.8 Å². The number of imide groups is 1. The zero-order valence-corrected chi connectivity index (χ0v) is 24.1. The maximum atomic E-state index is 14.9. The molecule has 3 atom stereocenters. The molecular formula is C30H39FN4O4. The number of aromatic nitrogens is 3. The number of likely N-dealkylation sites (tertiary alicyclic amines) is 1. The molecule has 3 heterocycles. The van der Waals surface area contributed by atoms with E-state index in [-0.39, 0.29) is 41.4 Å². The van der Waals surface area contributed by atoms with Gasteiger partial charge in [0.1, 0.15) is 5.82 Å². The fourth-order valence-corrected chi connectivity index (χ4v) is 6.30. The van der Waals surface area contributed by atoms with E-state index in [1.807, 2.05) is 32.0 Å². The molecule has 3 unspecified atom stereocenters. The third-order valence-corrected chi connectivity index (χ3v) is 8.38. The summed E-state index contributed by atoms with van der Waals surface area (Å²) >= 11 is 0. The molecule has 210 valence electrons. The van der Waals surface area contributed by atoms with Gasteiger partial charge < -0.3 is 9.84 Å². The molecule has 1 N–H and O–H groups in total. The second-order valence-electron chi connectivity index (χ2n) is 12.2. The average molecular weight is 539 g/mol. The van der Waals surface area contributed by atoms with Gasteiger partial charge in [0.25, 0.3) is 0 Å². The van der Waals surface area contributed by atoms with Gasteiger partial charge in [0.2, 0.25) is 11.8 Å². The van der Waals surface area contributed by atoms with Gasteiger partial charge in [-0.15, -0.1) is 0 Å². The Morgan fingerprint density at radius 1 is 1.28 bits per heavy atom. The van der Waals surface area contributed by atoms with E-state index in [0.717, 1.165) is 10.5 Å². The Bertz CT molecular complexity index is 1410. The second kappa shape index (κ2) is 10.2. The van der Waals surface area contributed by atoms with Crippen molar-refractivity contribution in [3.63, 3.8) is 0 Å². The molecule has 1 aliphatic rings. The van der Waals surface area contributed by atoms with Crippen molar-refractivity contribution in [1.29, 1.82) is 0 Å². The van der Waals surface area contributed by atoms with Crippen molar-refractivity contribution >= 4 is 22.9 Å². The topological polar surface area (TPSA) is 97.6 Å². The first-order chi connectivity index (χ1) is 18.2. The van der Waals surface area contributed by atoms with Crippen molar-refractivity contribution in [3.8, 4) is 17.1 Å². The van der Waals surface area contributed by atoms with E-state index in [0.29, 0.717) is 41.0 Å². The summed E-state index contributed by atoms with van der Waals surface area (Å²) in [6.45, 7) is 15.0. The fraction of sp³-hybridized carbons (Fsp3) is 0.533. The number of carbonyl (C=O) groups excluding carboxylic acids is 1. The largest absolute Gasteiger partial charge is 0.481 e. The number of rotatable bonds is 7. The monoisotopic (exact) mass is 538 g/mol. The van der Waals surface area contributed by atoms with Crippen LogP contribution in [0.2, 0.25) is 0 Å². The van der Waals surface area contributed by atoms with Crippen LogP contribution in [0.4, 0.5) is 9.18 Å². The Morgan fingerprint density at radius 3 is 2.54 bits per heavy atom. The van der Waals surface area contributed by atoms with Gasteiger partial charge in [-0.25, -0.2) is 19.1 Å². The van der Waals surface area contributed by atoms with Crippen molar-refractivity contribution in [2.45, 2.75) is 67.3 Å². The third-order valence-electron chi connectivity index (χ3n) is 8.38. The van der Waals surface area contributed by atoms with Crippen LogP contribution in [0.25, 0.3) is 22.2 Å². The standard InChI is InChI=1S/C30H39FN4O4/c1-9-35-24-13-18(12-22(31)21(24)15-32-35)23-11-10-19(26(33-23)39-8)20(17(2)3)14-30(7)25(29(4,5)6)16-34(27(30)36)28(37)38/h10-13,15,17,20,25H,9,14,16H2,1-8H3,(H,37,38). The molecule has 0 aliphatic carbocycles. The minimum atomic E-state index is -1.21. The summed E-state index contributed by atoms with van der Waals surface area (Å²) in [4.78, 5) is 31.2. The number of fused-ring (bicyclic) bond motifs is 1. The minimum absolute atomic E-state index is 0.114. The number of pyridine rings is 1. The molecule has 1 aromatic carbocycles. The molecule has 1 fully saturated rings. The Labute approximate surface area is 229 Å². The van der Waals surface area contributed by atoms with E-state index in [1.165, 1.54) is 12.3 Å². The van der Waals surface area contributed by atoms with Crippen molar-refractivity contribution < 1.29 is 23.8 Å². The molecule has 8 nitrogen and oxygen atoms in total. The second-order valence-corrected chi connectivity index (χ2v) is 12.2. The highest BCUT2D eigenvalue weighted by molar-refractivity contribution is 5.97. The average Bonchev–Trinajstić information content (AvgIpc) is 3.40. The maximum Gasteiger partial charge on any atom is 0.414 e. The normalized spacial score (nSPS) is 20.7. The Hall–Kier alpha value is -3.49. The van der Waals surface area contributed by atoms with Crippen LogP contribution in [0.5, 0.6) is 5.88 Å². The lowest BCUT2D eigenvalue weighted by atomic mass is 9.62. The molecule has 9 heteroatoms. The molecule has 2 amide bonds. The number of amides is 2. The van der Waals surface area contributed by atoms with E-state index in [9.17, 15) is 19.1 Å².